The van der Waals surface area contributed by atoms with Gasteiger partial charge in [-0.2, -0.15) is 0 Å². The first kappa shape index (κ1) is 19.1. The summed E-state index contributed by atoms with van der Waals surface area (Å²) in [6, 6.07) is 7.20. The van der Waals surface area contributed by atoms with Gasteiger partial charge >= 0.3 is 5.97 Å². The molecule has 0 spiro atoms. The van der Waals surface area contributed by atoms with E-state index in [0.717, 1.165) is 10.2 Å². The lowest BCUT2D eigenvalue weighted by Gasteiger charge is -2.09. The van der Waals surface area contributed by atoms with Crippen LogP contribution in [-0.2, 0) is 22.7 Å². The average molecular weight is 359 g/mol. The van der Waals surface area contributed by atoms with Crippen molar-refractivity contribution in [3.05, 3.63) is 41.7 Å². The molecule has 0 bridgehead atoms. The molecule has 138 valence electrons. The van der Waals surface area contributed by atoms with E-state index in [1.165, 1.54) is 6.20 Å². The Bertz CT molecular complexity index is 800. The number of nitrogens with zero attached hydrogens (tertiary/aromatic N) is 3. The van der Waals surface area contributed by atoms with Crippen LogP contribution >= 0.6 is 0 Å². The summed E-state index contributed by atoms with van der Waals surface area (Å²) in [5, 5.41) is 21.3. The monoisotopic (exact) mass is 359 g/mol. The summed E-state index contributed by atoms with van der Waals surface area (Å²) in [7, 11) is 0. The van der Waals surface area contributed by atoms with E-state index in [1.807, 2.05) is 19.9 Å². The Morgan fingerprint density at radius 1 is 1.23 bits per heavy atom. The number of carboxylic acid groups (broad SMARTS) is 1. The molecule has 0 aliphatic rings. The van der Waals surface area contributed by atoms with Crippen LogP contribution in [0.25, 0.3) is 0 Å². The number of amides is 2. The highest BCUT2D eigenvalue weighted by atomic mass is 16.4. The molecule has 1 aromatic carbocycles. The Labute approximate surface area is 150 Å². The van der Waals surface area contributed by atoms with Gasteiger partial charge in [-0.1, -0.05) is 31.2 Å². The summed E-state index contributed by atoms with van der Waals surface area (Å²) in [5.41, 5.74) is 1.28. The normalized spacial score (nSPS) is 10.6. The molecule has 1 aromatic heterocycles. The molecule has 26 heavy (non-hydrogen) atoms. The summed E-state index contributed by atoms with van der Waals surface area (Å²) in [4.78, 5) is 34.5. The Balaban J connectivity index is 1.86. The van der Waals surface area contributed by atoms with Crippen molar-refractivity contribution >= 4 is 23.5 Å². The second-order valence-corrected chi connectivity index (χ2v) is 6.23. The molecule has 0 fully saturated rings. The van der Waals surface area contributed by atoms with Crippen molar-refractivity contribution in [3.63, 3.8) is 0 Å². The van der Waals surface area contributed by atoms with Crippen molar-refractivity contribution in [2.45, 2.75) is 33.4 Å². The van der Waals surface area contributed by atoms with Gasteiger partial charge < -0.3 is 15.7 Å². The summed E-state index contributed by atoms with van der Waals surface area (Å²) in [5.74, 6) is -1.31. The first-order chi connectivity index (χ1) is 12.3. The fraction of sp³-hybridized carbons (Fsp3) is 0.353. The number of carbonyl (C=O) groups is 3. The number of aromatic nitrogens is 3. The minimum atomic E-state index is -1.20. The van der Waals surface area contributed by atoms with Crippen molar-refractivity contribution in [1.82, 2.24) is 20.3 Å². The van der Waals surface area contributed by atoms with Gasteiger partial charge in [0.2, 0.25) is 11.8 Å². The van der Waals surface area contributed by atoms with Crippen LogP contribution in [0.5, 0.6) is 0 Å². The maximum absolute atomic E-state index is 11.9. The van der Waals surface area contributed by atoms with Gasteiger partial charge in [-0.25, -0.2) is 9.48 Å². The molecule has 0 unspecified atom stereocenters. The fourth-order valence-electron chi connectivity index (χ4n) is 2.22. The van der Waals surface area contributed by atoms with E-state index >= 15 is 0 Å². The number of carboxylic acids is 1. The molecule has 9 heteroatoms. The van der Waals surface area contributed by atoms with Crippen molar-refractivity contribution in [1.29, 1.82) is 0 Å². The first-order valence-corrected chi connectivity index (χ1v) is 8.12. The molecule has 2 rings (SSSR count). The van der Waals surface area contributed by atoms with Crippen LogP contribution in [0.3, 0.4) is 0 Å². The maximum atomic E-state index is 11.9. The standard InChI is InChI=1S/C17H21N5O4/c1-11(2)6-15(23)19-13-5-3-4-12(7-13)8-18-16(24)10-22-9-14(17(25)26)20-21-22/h3-5,7,9,11H,6,8,10H2,1-2H3,(H,18,24)(H,19,23)(H,25,26). The number of benzene rings is 1. The molecule has 0 radical (unpaired) electrons. The van der Waals surface area contributed by atoms with E-state index in [-0.39, 0.29) is 36.5 Å². The predicted molar refractivity (Wildman–Crippen MR) is 93.4 cm³/mol. The van der Waals surface area contributed by atoms with E-state index in [0.29, 0.717) is 12.1 Å². The number of aromatic carboxylic acids is 1. The van der Waals surface area contributed by atoms with Crippen molar-refractivity contribution in [2.24, 2.45) is 5.92 Å². The fourth-order valence-corrected chi connectivity index (χ4v) is 2.22. The quantitative estimate of drug-likeness (QED) is 0.652. The minimum absolute atomic E-state index is 0.0541. The molecule has 3 N–H and O–H groups in total. The number of rotatable bonds is 8. The van der Waals surface area contributed by atoms with E-state index in [2.05, 4.69) is 20.9 Å². The van der Waals surface area contributed by atoms with Crippen molar-refractivity contribution in [3.8, 4) is 0 Å². The molecule has 0 saturated heterocycles. The van der Waals surface area contributed by atoms with Crippen molar-refractivity contribution in [2.75, 3.05) is 5.32 Å². The van der Waals surface area contributed by atoms with Crippen LogP contribution in [0.1, 0.15) is 36.3 Å². The SMILES string of the molecule is CC(C)CC(=O)Nc1cccc(CNC(=O)Cn2cc(C(=O)O)nn2)c1. The Hall–Kier alpha value is -3.23. The van der Waals surface area contributed by atoms with Gasteiger partial charge in [0.05, 0.1) is 6.20 Å². The topological polar surface area (TPSA) is 126 Å². The smallest absolute Gasteiger partial charge is 0.358 e. The first-order valence-electron chi connectivity index (χ1n) is 8.12. The van der Waals surface area contributed by atoms with Gasteiger partial charge in [-0.15, -0.1) is 5.10 Å². The molecule has 1 heterocycles. The third-order valence-electron chi connectivity index (χ3n) is 3.36. The summed E-state index contributed by atoms with van der Waals surface area (Å²) < 4.78 is 1.15. The molecular weight excluding hydrogens is 338 g/mol. The van der Waals surface area contributed by atoms with E-state index in [1.54, 1.807) is 18.2 Å². The van der Waals surface area contributed by atoms with Gasteiger partial charge in [0.25, 0.3) is 0 Å². The Kier molecular flexibility index (Phi) is 6.42. The summed E-state index contributed by atoms with van der Waals surface area (Å²) in [6.07, 6.45) is 1.63. The van der Waals surface area contributed by atoms with Crippen LogP contribution in [0.4, 0.5) is 5.69 Å². The summed E-state index contributed by atoms with van der Waals surface area (Å²) in [6.45, 7) is 4.08. The lowest BCUT2D eigenvalue weighted by Crippen LogP contribution is -2.27. The van der Waals surface area contributed by atoms with Gasteiger partial charge in [-0.05, 0) is 23.6 Å². The zero-order valence-corrected chi connectivity index (χ0v) is 14.6. The van der Waals surface area contributed by atoms with E-state index in [4.69, 9.17) is 5.11 Å². The molecular formula is C17H21N5O4. The van der Waals surface area contributed by atoms with E-state index < -0.39 is 5.97 Å². The molecule has 0 aliphatic carbocycles. The Morgan fingerprint density at radius 2 is 2.00 bits per heavy atom. The van der Waals surface area contributed by atoms with Crippen LogP contribution in [0.2, 0.25) is 0 Å². The number of hydrogen-bond donors (Lipinski definition) is 3. The number of hydrogen-bond acceptors (Lipinski definition) is 5. The second kappa shape index (κ2) is 8.75. The average Bonchev–Trinajstić information content (AvgIpc) is 3.01. The third-order valence-corrected chi connectivity index (χ3v) is 3.36. The van der Waals surface area contributed by atoms with Crippen LogP contribution in [0.15, 0.2) is 30.5 Å². The Morgan fingerprint density at radius 3 is 2.65 bits per heavy atom. The minimum Gasteiger partial charge on any atom is -0.476 e. The molecule has 9 nitrogen and oxygen atoms in total. The molecule has 0 saturated carbocycles. The number of carbonyl (C=O) groups excluding carboxylic acids is 2. The highest BCUT2D eigenvalue weighted by Crippen LogP contribution is 2.12. The van der Waals surface area contributed by atoms with Gasteiger partial charge in [0.15, 0.2) is 5.69 Å². The largest absolute Gasteiger partial charge is 0.476 e. The number of anilines is 1. The molecule has 0 aliphatic heterocycles. The van der Waals surface area contributed by atoms with Crippen LogP contribution < -0.4 is 10.6 Å². The van der Waals surface area contributed by atoms with Crippen LogP contribution in [-0.4, -0.2) is 37.9 Å². The number of nitrogens with one attached hydrogen (secondary N) is 2. The molecule has 2 aromatic rings. The second-order valence-electron chi connectivity index (χ2n) is 6.23. The molecule has 0 atom stereocenters. The maximum Gasteiger partial charge on any atom is 0.358 e. The predicted octanol–water partition coefficient (Wildman–Crippen LogP) is 1.28. The van der Waals surface area contributed by atoms with Crippen LogP contribution in [0, 0.1) is 5.92 Å². The van der Waals surface area contributed by atoms with Gasteiger partial charge in [0.1, 0.15) is 6.54 Å². The highest BCUT2D eigenvalue weighted by molar-refractivity contribution is 5.90. The zero-order chi connectivity index (χ0) is 19.1. The summed E-state index contributed by atoms with van der Waals surface area (Å²) >= 11 is 0. The lowest BCUT2D eigenvalue weighted by molar-refractivity contribution is -0.122. The molecule has 2 amide bonds. The zero-order valence-electron chi connectivity index (χ0n) is 14.6. The van der Waals surface area contributed by atoms with Crippen molar-refractivity contribution < 1.29 is 19.5 Å². The van der Waals surface area contributed by atoms with Gasteiger partial charge in [-0.3, -0.25) is 9.59 Å². The third kappa shape index (κ3) is 6.00. The van der Waals surface area contributed by atoms with Gasteiger partial charge in [0, 0.05) is 18.7 Å². The lowest BCUT2D eigenvalue weighted by atomic mass is 10.1. The highest BCUT2D eigenvalue weighted by Gasteiger charge is 2.11. The van der Waals surface area contributed by atoms with E-state index in [9.17, 15) is 14.4 Å².